The fourth-order valence-electron chi connectivity index (χ4n) is 1.68. The van der Waals surface area contributed by atoms with Crippen LogP contribution in [0.2, 0.25) is 0 Å². The van der Waals surface area contributed by atoms with Gasteiger partial charge in [0.15, 0.2) is 6.61 Å². The van der Waals surface area contributed by atoms with Crippen molar-refractivity contribution >= 4 is 15.9 Å². The third-order valence-corrected chi connectivity index (χ3v) is 3.28. The number of rotatable bonds is 5. The number of aromatic nitrogens is 2. The van der Waals surface area contributed by atoms with Crippen LogP contribution in [0.25, 0.3) is 0 Å². The van der Waals surface area contributed by atoms with E-state index in [-0.39, 0.29) is 12.6 Å². The van der Waals surface area contributed by atoms with Crippen molar-refractivity contribution in [3.63, 3.8) is 0 Å². The number of aryl methyl sites for hydroxylation is 1. The van der Waals surface area contributed by atoms with Crippen molar-refractivity contribution in [2.45, 2.75) is 26.5 Å². The van der Waals surface area contributed by atoms with Gasteiger partial charge in [-0.1, -0.05) is 15.9 Å². The molecule has 5 nitrogen and oxygen atoms in total. The molecule has 6 heteroatoms. The highest BCUT2D eigenvalue weighted by Crippen LogP contribution is 2.28. The van der Waals surface area contributed by atoms with E-state index in [1.54, 1.807) is 6.92 Å². The fourth-order valence-corrected chi connectivity index (χ4v) is 2.06. The largest absolute Gasteiger partial charge is 0.483 e. The maximum absolute atomic E-state index is 5.76. The maximum Gasteiger partial charge on any atom is 0.253 e. The molecule has 1 aromatic heterocycles. The Kier molecular flexibility index (Phi) is 4.55. The first kappa shape index (κ1) is 14.0. The zero-order chi connectivity index (χ0) is 13.8. The molecule has 2 rings (SSSR count). The van der Waals surface area contributed by atoms with Crippen LogP contribution < -0.4 is 10.1 Å². The number of nitrogens with zero attached hydrogens (tertiary/aromatic N) is 2. The van der Waals surface area contributed by atoms with Crippen LogP contribution in [0.1, 0.15) is 30.3 Å². The zero-order valence-corrected chi connectivity index (χ0v) is 12.7. The summed E-state index contributed by atoms with van der Waals surface area (Å²) in [6, 6.07) is 6.10. The average molecular weight is 326 g/mol. The molecular formula is C13H16BrN3O2. The summed E-state index contributed by atoms with van der Waals surface area (Å²) in [5, 5.41) is 10.9. The summed E-state index contributed by atoms with van der Waals surface area (Å²) in [4.78, 5) is 0. The quantitative estimate of drug-likeness (QED) is 0.915. The summed E-state index contributed by atoms with van der Waals surface area (Å²) in [5.74, 6) is 1.82. The van der Waals surface area contributed by atoms with Crippen molar-refractivity contribution < 1.29 is 9.15 Å². The smallest absolute Gasteiger partial charge is 0.253 e. The Labute approximate surface area is 120 Å². The standard InChI is InChI=1S/C13H16BrN3O2/c1-8(15-3)11-6-10(14)4-5-12(11)18-7-13-17-16-9(2)19-13/h4-6,8,15H,7H2,1-3H3. The van der Waals surface area contributed by atoms with Crippen molar-refractivity contribution in [3.05, 3.63) is 40.0 Å². The summed E-state index contributed by atoms with van der Waals surface area (Å²) in [7, 11) is 1.91. The van der Waals surface area contributed by atoms with Gasteiger partial charge >= 0.3 is 0 Å². The molecule has 0 saturated heterocycles. The Morgan fingerprint density at radius 3 is 2.84 bits per heavy atom. The zero-order valence-electron chi connectivity index (χ0n) is 11.1. The number of hydrogen-bond donors (Lipinski definition) is 1. The molecule has 1 unspecified atom stereocenters. The Morgan fingerprint density at radius 1 is 1.42 bits per heavy atom. The monoisotopic (exact) mass is 325 g/mol. The molecule has 2 aromatic rings. The Bertz CT molecular complexity index is 557. The lowest BCUT2D eigenvalue weighted by Gasteiger charge is -2.16. The number of hydrogen-bond acceptors (Lipinski definition) is 5. The second-order valence-corrected chi connectivity index (χ2v) is 5.11. The minimum absolute atomic E-state index is 0.192. The van der Waals surface area contributed by atoms with Crippen LogP contribution in [0.5, 0.6) is 5.75 Å². The van der Waals surface area contributed by atoms with Crippen molar-refractivity contribution in [1.82, 2.24) is 15.5 Å². The van der Waals surface area contributed by atoms with Gasteiger partial charge in [-0.25, -0.2) is 0 Å². The van der Waals surface area contributed by atoms with Crippen molar-refractivity contribution in [1.29, 1.82) is 0 Å². The van der Waals surface area contributed by atoms with Gasteiger partial charge in [0.25, 0.3) is 5.89 Å². The molecule has 1 atom stereocenters. The van der Waals surface area contributed by atoms with Crippen LogP contribution in [0.15, 0.2) is 27.1 Å². The highest BCUT2D eigenvalue weighted by Gasteiger charge is 2.12. The van der Waals surface area contributed by atoms with E-state index in [4.69, 9.17) is 9.15 Å². The van der Waals surface area contributed by atoms with Crippen LogP contribution >= 0.6 is 15.9 Å². The van der Waals surface area contributed by atoms with E-state index >= 15 is 0 Å². The molecule has 1 aromatic carbocycles. The summed E-state index contributed by atoms with van der Waals surface area (Å²) >= 11 is 3.47. The highest BCUT2D eigenvalue weighted by molar-refractivity contribution is 9.10. The molecule has 0 aliphatic carbocycles. The van der Waals surface area contributed by atoms with Gasteiger partial charge in [0, 0.05) is 23.0 Å². The number of benzene rings is 1. The number of halogens is 1. The van der Waals surface area contributed by atoms with Gasteiger partial charge in [0.05, 0.1) is 0 Å². The first-order valence-corrected chi connectivity index (χ1v) is 6.78. The molecule has 1 N–H and O–H groups in total. The van der Waals surface area contributed by atoms with Gasteiger partial charge in [-0.05, 0) is 32.2 Å². The molecule has 19 heavy (non-hydrogen) atoms. The van der Waals surface area contributed by atoms with Gasteiger partial charge in [-0.15, -0.1) is 10.2 Å². The van der Waals surface area contributed by atoms with Crippen LogP contribution in [0.3, 0.4) is 0 Å². The highest BCUT2D eigenvalue weighted by atomic mass is 79.9. The Hall–Kier alpha value is -1.40. The summed E-state index contributed by atoms with van der Waals surface area (Å²) in [5.41, 5.74) is 1.08. The van der Waals surface area contributed by atoms with Gasteiger partial charge in [-0.2, -0.15) is 0 Å². The predicted molar refractivity (Wildman–Crippen MR) is 75.0 cm³/mol. The lowest BCUT2D eigenvalue weighted by molar-refractivity contribution is 0.256. The van der Waals surface area contributed by atoms with Crippen LogP contribution in [-0.2, 0) is 6.61 Å². The molecule has 0 fully saturated rings. The van der Waals surface area contributed by atoms with E-state index in [2.05, 4.69) is 38.4 Å². The molecule has 102 valence electrons. The molecule has 1 heterocycles. The molecular weight excluding hydrogens is 310 g/mol. The summed E-state index contributed by atoms with van der Waals surface area (Å²) in [6.07, 6.45) is 0. The first-order valence-electron chi connectivity index (χ1n) is 5.98. The maximum atomic E-state index is 5.76. The second-order valence-electron chi connectivity index (χ2n) is 4.20. The lowest BCUT2D eigenvalue weighted by atomic mass is 10.1. The van der Waals surface area contributed by atoms with E-state index in [0.29, 0.717) is 11.8 Å². The molecule has 0 bridgehead atoms. The van der Waals surface area contributed by atoms with Crippen LogP contribution in [0.4, 0.5) is 0 Å². The fraction of sp³-hybridized carbons (Fsp3) is 0.385. The first-order chi connectivity index (χ1) is 9.10. The minimum atomic E-state index is 0.192. The summed E-state index contributed by atoms with van der Waals surface area (Å²) < 4.78 is 12.1. The molecule has 0 saturated carbocycles. The third-order valence-electron chi connectivity index (χ3n) is 2.79. The van der Waals surface area contributed by atoms with E-state index in [0.717, 1.165) is 15.8 Å². The van der Waals surface area contributed by atoms with Crippen molar-refractivity contribution in [2.24, 2.45) is 0 Å². The predicted octanol–water partition coefficient (Wildman–Crippen LogP) is 3.00. The number of ether oxygens (including phenoxy) is 1. The lowest BCUT2D eigenvalue weighted by Crippen LogP contribution is -2.13. The molecule has 0 amide bonds. The molecule has 0 aliphatic heterocycles. The normalized spacial score (nSPS) is 12.4. The second kappa shape index (κ2) is 6.16. The Balaban J connectivity index is 2.15. The van der Waals surface area contributed by atoms with Crippen molar-refractivity contribution in [3.8, 4) is 5.75 Å². The van der Waals surface area contributed by atoms with E-state index in [9.17, 15) is 0 Å². The van der Waals surface area contributed by atoms with E-state index in [1.165, 1.54) is 0 Å². The topological polar surface area (TPSA) is 60.2 Å². The summed E-state index contributed by atoms with van der Waals surface area (Å²) in [6.45, 7) is 4.10. The Morgan fingerprint density at radius 2 is 2.21 bits per heavy atom. The SMILES string of the molecule is CNC(C)c1cc(Br)ccc1OCc1nnc(C)o1. The van der Waals surface area contributed by atoms with Gasteiger partial charge in [0.1, 0.15) is 5.75 Å². The molecule has 0 spiro atoms. The molecule has 0 radical (unpaired) electrons. The average Bonchev–Trinajstić information content (AvgIpc) is 2.82. The van der Waals surface area contributed by atoms with E-state index in [1.807, 2.05) is 25.2 Å². The van der Waals surface area contributed by atoms with Crippen LogP contribution in [-0.4, -0.2) is 17.2 Å². The number of nitrogens with one attached hydrogen (secondary N) is 1. The minimum Gasteiger partial charge on any atom is -0.483 e. The van der Waals surface area contributed by atoms with Crippen LogP contribution in [0, 0.1) is 6.92 Å². The third kappa shape index (κ3) is 3.54. The van der Waals surface area contributed by atoms with Gasteiger partial charge in [0.2, 0.25) is 5.89 Å². The molecule has 0 aliphatic rings. The van der Waals surface area contributed by atoms with Crippen molar-refractivity contribution in [2.75, 3.05) is 7.05 Å². The van der Waals surface area contributed by atoms with Gasteiger partial charge in [-0.3, -0.25) is 0 Å². The van der Waals surface area contributed by atoms with E-state index < -0.39 is 0 Å². The van der Waals surface area contributed by atoms with Gasteiger partial charge < -0.3 is 14.5 Å².